The van der Waals surface area contributed by atoms with E-state index in [4.69, 9.17) is 21.3 Å². The van der Waals surface area contributed by atoms with Crippen molar-refractivity contribution in [2.75, 3.05) is 26.2 Å². The fourth-order valence-electron chi connectivity index (χ4n) is 6.89. The summed E-state index contributed by atoms with van der Waals surface area (Å²) in [5.41, 5.74) is 5.71. The van der Waals surface area contributed by atoms with E-state index in [1.54, 1.807) is 4.90 Å². The third-order valence-electron chi connectivity index (χ3n) is 9.11. The van der Waals surface area contributed by atoms with E-state index >= 15 is 0 Å². The Kier molecular flexibility index (Phi) is 10.8. The second kappa shape index (κ2) is 15.0. The number of piperazine rings is 1. The molecule has 0 N–H and O–H groups in total. The summed E-state index contributed by atoms with van der Waals surface area (Å²) in [5, 5.41) is 0.697. The van der Waals surface area contributed by atoms with Crippen molar-refractivity contribution in [3.63, 3.8) is 0 Å². The highest BCUT2D eigenvalue weighted by Gasteiger charge is 2.43. The average Bonchev–Trinajstić information content (AvgIpc) is 3.41. The number of imidazole rings is 1. The number of hydrogen-bond donors (Lipinski definition) is 0. The summed E-state index contributed by atoms with van der Waals surface area (Å²) in [5.74, 6) is -0.102. The summed E-state index contributed by atoms with van der Waals surface area (Å²) >= 11 is 10.1. The number of carbonyl (C=O) groups is 2. The molecule has 2 atom stereocenters. The first kappa shape index (κ1) is 35.1. The van der Waals surface area contributed by atoms with Crippen LogP contribution in [0.25, 0.3) is 0 Å². The van der Waals surface area contributed by atoms with Crippen molar-refractivity contribution in [3.05, 3.63) is 116 Å². The molecule has 6 rings (SSSR count). The number of amides is 2. The zero-order valence-electron chi connectivity index (χ0n) is 28.6. The van der Waals surface area contributed by atoms with Gasteiger partial charge in [0.15, 0.2) is 0 Å². The lowest BCUT2D eigenvalue weighted by Crippen LogP contribution is -2.62. The van der Waals surface area contributed by atoms with Crippen molar-refractivity contribution < 1.29 is 14.3 Å². The van der Waals surface area contributed by atoms with Gasteiger partial charge in [-0.25, -0.2) is 9.78 Å². The molecule has 0 saturated carbocycles. The Morgan fingerprint density at radius 1 is 1.04 bits per heavy atom. The molecule has 0 bridgehead atoms. The normalized spacial score (nSPS) is 18.0. The maximum absolute atomic E-state index is 14.9. The van der Waals surface area contributed by atoms with Gasteiger partial charge >= 0.3 is 6.09 Å². The van der Waals surface area contributed by atoms with Gasteiger partial charge < -0.3 is 14.2 Å². The number of ether oxygens (including phenoxy) is 1. The number of hydrogen-bond acceptors (Lipinski definition) is 6. The number of pyridine rings is 1. The molecule has 258 valence electrons. The number of carbonyl (C=O) groups excluding carboxylic acids is 2. The second-order valence-electron chi connectivity index (χ2n) is 14.0. The van der Waals surface area contributed by atoms with Crippen molar-refractivity contribution >= 4 is 39.5 Å². The van der Waals surface area contributed by atoms with E-state index in [0.717, 1.165) is 58.4 Å². The third kappa shape index (κ3) is 8.53. The highest BCUT2D eigenvalue weighted by Crippen LogP contribution is 2.39. The van der Waals surface area contributed by atoms with E-state index in [0.29, 0.717) is 37.7 Å². The predicted molar refractivity (Wildman–Crippen MR) is 194 cm³/mol. The smallest absolute Gasteiger partial charge is 0.411 e. The van der Waals surface area contributed by atoms with E-state index in [9.17, 15) is 9.59 Å². The maximum atomic E-state index is 14.9. The summed E-state index contributed by atoms with van der Waals surface area (Å²) < 4.78 is 8.87. The minimum atomic E-state index is -0.763. The number of nitrogens with zero attached hydrogens (tertiary/aromatic N) is 6. The van der Waals surface area contributed by atoms with Gasteiger partial charge in [0.05, 0.1) is 23.8 Å². The van der Waals surface area contributed by atoms with Crippen LogP contribution in [0.5, 0.6) is 0 Å². The Morgan fingerprint density at radius 2 is 1.82 bits per heavy atom. The van der Waals surface area contributed by atoms with Crippen LogP contribution < -0.4 is 0 Å². The first-order chi connectivity index (χ1) is 23.4. The Morgan fingerprint density at radius 3 is 2.55 bits per heavy atom. The van der Waals surface area contributed by atoms with Crippen molar-refractivity contribution in [3.8, 4) is 0 Å². The van der Waals surface area contributed by atoms with Gasteiger partial charge in [-0.15, -0.1) is 0 Å². The van der Waals surface area contributed by atoms with Gasteiger partial charge in [-0.05, 0) is 103 Å². The Hall–Kier alpha value is -3.73. The van der Waals surface area contributed by atoms with Crippen molar-refractivity contribution in [2.24, 2.45) is 0 Å². The lowest BCUT2D eigenvalue weighted by atomic mass is 9.95. The molecule has 11 heteroatoms. The SMILES string of the molecule is Cc1cn(CCCN(Cc2ccccc2)C(=O)[C@H]2CN([C@@H]3c4ccc(Cl)cc4CCc4cc(Br)cnc43)CCN2C(=O)OC(C)(C)C)cn1. The number of benzene rings is 2. The van der Waals surface area contributed by atoms with Crippen LogP contribution in [0.1, 0.15) is 66.9 Å². The number of aryl methyl sites for hydroxylation is 4. The molecule has 9 nitrogen and oxygen atoms in total. The minimum Gasteiger partial charge on any atom is -0.444 e. The highest BCUT2D eigenvalue weighted by molar-refractivity contribution is 9.10. The van der Waals surface area contributed by atoms with E-state index in [-0.39, 0.29) is 11.9 Å². The molecule has 1 fully saturated rings. The molecule has 2 aromatic heterocycles. The molecule has 49 heavy (non-hydrogen) atoms. The Bertz CT molecular complexity index is 1740. The lowest BCUT2D eigenvalue weighted by Gasteiger charge is -2.45. The van der Waals surface area contributed by atoms with Crippen LogP contribution in [-0.4, -0.2) is 79.1 Å². The van der Waals surface area contributed by atoms with Crippen LogP contribution >= 0.6 is 27.5 Å². The Balaban J connectivity index is 1.35. The number of fused-ring (bicyclic) bond motifs is 2. The minimum absolute atomic E-state index is 0.102. The van der Waals surface area contributed by atoms with Crippen molar-refractivity contribution in [1.29, 1.82) is 0 Å². The van der Waals surface area contributed by atoms with Gasteiger partial charge in [-0.1, -0.05) is 48.0 Å². The standard InChI is InChI=1S/C38H44BrClN6O3/c1-26-22-43(25-42-26)15-8-16-45(23-27-9-6-5-7-10-27)36(47)33-24-44(17-18-46(33)37(48)49-38(2,3)4)35-32-14-13-31(40)20-28(32)11-12-29-19-30(39)21-41-34(29)35/h5-7,9-10,13-14,19-22,25,33,35H,8,11-12,15-18,23-24H2,1-4H3/t33-,35-/m1/s1. The predicted octanol–water partition coefficient (Wildman–Crippen LogP) is 7.23. The molecule has 2 aromatic carbocycles. The van der Waals surface area contributed by atoms with Crippen LogP contribution in [-0.2, 0) is 35.5 Å². The van der Waals surface area contributed by atoms with E-state index in [1.165, 1.54) is 5.56 Å². The summed E-state index contributed by atoms with van der Waals surface area (Å²) in [6.07, 6.45) is 7.59. The van der Waals surface area contributed by atoms with E-state index in [1.807, 2.05) is 93.8 Å². The molecule has 1 saturated heterocycles. The largest absolute Gasteiger partial charge is 0.444 e. The van der Waals surface area contributed by atoms with Gasteiger partial charge in [0, 0.05) is 61.2 Å². The molecule has 0 radical (unpaired) electrons. The van der Waals surface area contributed by atoms with Gasteiger partial charge in [-0.2, -0.15) is 0 Å². The first-order valence-electron chi connectivity index (χ1n) is 16.9. The van der Waals surface area contributed by atoms with Crippen molar-refractivity contribution in [1.82, 2.24) is 29.2 Å². The average molecular weight is 748 g/mol. The Labute approximate surface area is 302 Å². The maximum Gasteiger partial charge on any atom is 0.411 e. The monoisotopic (exact) mass is 746 g/mol. The zero-order valence-corrected chi connectivity index (χ0v) is 31.0. The van der Waals surface area contributed by atoms with Crippen LogP contribution in [0, 0.1) is 6.92 Å². The summed E-state index contributed by atoms with van der Waals surface area (Å²) in [7, 11) is 0. The molecule has 1 aliphatic carbocycles. The van der Waals surface area contributed by atoms with Crippen LogP contribution in [0.3, 0.4) is 0 Å². The molecule has 1 aliphatic heterocycles. The van der Waals surface area contributed by atoms with Crippen molar-refractivity contribution in [2.45, 2.75) is 77.7 Å². The summed E-state index contributed by atoms with van der Waals surface area (Å²) in [6.45, 7) is 10.4. The topological polar surface area (TPSA) is 83.8 Å². The molecule has 2 amide bonds. The van der Waals surface area contributed by atoms with E-state index < -0.39 is 17.7 Å². The lowest BCUT2D eigenvalue weighted by molar-refractivity contribution is -0.140. The van der Waals surface area contributed by atoms with Crippen LogP contribution in [0.15, 0.2) is 77.8 Å². The fourth-order valence-corrected chi connectivity index (χ4v) is 7.46. The molecule has 0 unspecified atom stereocenters. The third-order valence-corrected chi connectivity index (χ3v) is 9.78. The molecule has 3 heterocycles. The number of aromatic nitrogens is 3. The quantitative estimate of drug-likeness (QED) is 0.189. The van der Waals surface area contributed by atoms with Gasteiger partial charge in [0.2, 0.25) is 5.91 Å². The number of halogens is 2. The van der Waals surface area contributed by atoms with Gasteiger partial charge in [0.1, 0.15) is 11.6 Å². The molecule has 0 spiro atoms. The zero-order chi connectivity index (χ0) is 34.7. The molecular weight excluding hydrogens is 704 g/mol. The highest BCUT2D eigenvalue weighted by atomic mass is 79.9. The van der Waals surface area contributed by atoms with Gasteiger partial charge in [0.25, 0.3) is 0 Å². The number of rotatable bonds is 8. The molecule has 2 aliphatic rings. The second-order valence-corrected chi connectivity index (χ2v) is 15.3. The van der Waals surface area contributed by atoms with Crippen LogP contribution in [0.4, 0.5) is 4.79 Å². The first-order valence-corrected chi connectivity index (χ1v) is 18.1. The molecular formula is C38H44BrClN6O3. The summed E-state index contributed by atoms with van der Waals surface area (Å²) in [6, 6.07) is 17.3. The molecule has 4 aromatic rings. The fraction of sp³-hybridized carbons (Fsp3) is 0.421. The van der Waals surface area contributed by atoms with E-state index in [2.05, 4.69) is 42.5 Å². The van der Waals surface area contributed by atoms with Gasteiger partial charge in [-0.3, -0.25) is 19.6 Å². The summed E-state index contributed by atoms with van der Waals surface area (Å²) in [4.78, 5) is 43.9. The van der Waals surface area contributed by atoms with Crippen LogP contribution in [0.2, 0.25) is 5.02 Å².